The fraction of sp³-hybridized carbons (Fsp3) is 0.909. The molecule has 1 aliphatic heterocycles. The van der Waals surface area contributed by atoms with E-state index in [1.165, 1.54) is 0 Å². The van der Waals surface area contributed by atoms with Gasteiger partial charge in [0.2, 0.25) is 0 Å². The Bertz CT molecular complexity index is 214. The molecule has 0 radical (unpaired) electrons. The van der Waals surface area contributed by atoms with Gasteiger partial charge in [-0.2, -0.15) is 0 Å². The van der Waals surface area contributed by atoms with Gasteiger partial charge in [-0.05, 0) is 19.5 Å². The number of nitrogens with zero attached hydrogens (tertiary/aromatic N) is 3. The summed E-state index contributed by atoms with van der Waals surface area (Å²) >= 11 is 0. The van der Waals surface area contributed by atoms with Crippen LogP contribution in [0.2, 0.25) is 0 Å². The Labute approximate surface area is 92.8 Å². The van der Waals surface area contributed by atoms with Crippen LogP contribution in [0.5, 0.6) is 0 Å². The first-order valence-electron chi connectivity index (χ1n) is 5.80. The molecule has 1 heterocycles. The van der Waals surface area contributed by atoms with Gasteiger partial charge in [-0.3, -0.25) is 4.90 Å². The molecule has 0 bridgehead atoms. The van der Waals surface area contributed by atoms with E-state index in [0.29, 0.717) is 6.04 Å². The molecular formula is C11H23N3O. The Balaban J connectivity index is 2.48. The standard InChI is InChI=1S/C11H23N3O/c1-5-13(6-2)10-7-8-14(9-10)11(15)12(3)4/h10H,5-9H2,1-4H3. The van der Waals surface area contributed by atoms with Crippen molar-refractivity contribution in [3.8, 4) is 0 Å². The molecule has 1 unspecified atom stereocenters. The third-order valence-corrected chi connectivity index (χ3v) is 3.15. The lowest BCUT2D eigenvalue weighted by Crippen LogP contribution is -2.41. The van der Waals surface area contributed by atoms with Crippen LogP contribution in [0.3, 0.4) is 0 Å². The normalized spacial score (nSPS) is 21.1. The van der Waals surface area contributed by atoms with E-state index in [4.69, 9.17) is 0 Å². The molecule has 0 N–H and O–H groups in total. The topological polar surface area (TPSA) is 26.8 Å². The number of hydrogen-bond acceptors (Lipinski definition) is 2. The minimum absolute atomic E-state index is 0.143. The second-order valence-corrected chi connectivity index (χ2v) is 4.29. The zero-order valence-electron chi connectivity index (χ0n) is 10.4. The van der Waals surface area contributed by atoms with Crippen molar-refractivity contribution in [3.05, 3.63) is 0 Å². The summed E-state index contributed by atoms with van der Waals surface area (Å²) in [5.74, 6) is 0. The Morgan fingerprint density at radius 3 is 2.40 bits per heavy atom. The van der Waals surface area contributed by atoms with Crippen LogP contribution < -0.4 is 0 Å². The van der Waals surface area contributed by atoms with Crippen LogP contribution in [-0.2, 0) is 0 Å². The Morgan fingerprint density at radius 1 is 1.33 bits per heavy atom. The minimum atomic E-state index is 0.143. The molecule has 1 fully saturated rings. The maximum absolute atomic E-state index is 11.7. The van der Waals surface area contributed by atoms with Crippen LogP contribution in [0.4, 0.5) is 4.79 Å². The van der Waals surface area contributed by atoms with E-state index >= 15 is 0 Å². The predicted molar refractivity (Wildman–Crippen MR) is 62.0 cm³/mol. The Hall–Kier alpha value is -0.770. The number of likely N-dealkylation sites (tertiary alicyclic amines) is 1. The third kappa shape index (κ3) is 2.84. The number of likely N-dealkylation sites (N-methyl/N-ethyl adjacent to an activating group) is 1. The highest BCUT2D eigenvalue weighted by Gasteiger charge is 2.29. The van der Waals surface area contributed by atoms with Crippen molar-refractivity contribution in [2.45, 2.75) is 26.3 Å². The minimum Gasteiger partial charge on any atom is -0.331 e. The molecule has 1 rings (SSSR count). The molecule has 2 amide bonds. The van der Waals surface area contributed by atoms with Gasteiger partial charge in [0.1, 0.15) is 0 Å². The van der Waals surface area contributed by atoms with E-state index in [1.807, 2.05) is 19.0 Å². The average Bonchev–Trinajstić information content (AvgIpc) is 2.67. The van der Waals surface area contributed by atoms with Gasteiger partial charge in [-0.1, -0.05) is 13.8 Å². The number of rotatable bonds is 3. The van der Waals surface area contributed by atoms with E-state index in [1.54, 1.807) is 4.90 Å². The fourth-order valence-electron chi connectivity index (χ4n) is 2.24. The maximum atomic E-state index is 11.7. The largest absolute Gasteiger partial charge is 0.331 e. The summed E-state index contributed by atoms with van der Waals surface area (Å²) in [4.78, 5) is 17.8. The first-order valence-corrected chi connectivity index (χ1v) is 5.80. The second-order valence-electron chi connectivity index (χ2n) is 4.29. The van der Waals surface area contributed by atoms with Crippen molar-refractivity contribution in [3.63, 3.8) is 0 Å². The summed E-state index contributed by atoms with van der Waals surface area (Å²) in [5, 5.41) is 0. The lowest BCUT2D eigenvalue weighted by atomic mass is 10.2. The van der Waals surface area contributed by atoms with Gasteiger partial charge >= 0.3 is 6.03 Å². The zero-order valence-corrected chi connectivity index (χ0v) is 10.4. The Morgan fingerprint density at radius 2 is 1.93 bits per heavy atom. The van der Waals surface area contributed by atoms with Gasteiger partial charge in [-0.15, -0.1) is 0 Å². The van der Waals surface area contributed by atoms with Crippen LogP contribution in [0, 0.1) is 0 Å². The van der Waals surface area contributed by atoms with Gasteiger partial charge in [-0.25, -0.2) is 4.79 Å². The van der Waals surface area contributed by atoms with Crippen LogP contribution >= 0.6 is 0 Å². The van der Waals surface area contributed by atoms with Crippen LogP contribution in [0.1, 0.15) is 20.3 Å². The first kappa shape index (κ1) is 12.3. The van der Waals surface area contributed by atoms with Crippen molar-refractivity contribution < 1.29 is 4.79 Å². The molecular weight excluding hydrogens is 190 g/mol. The van der Waals surface area contributed by atoms with Crippen molar-refractivity contribution in [1.82, 2.24) is 14.7 Å². The maximum Gasteiger partial charge on any atom is 0.319 e. The number of carbonyl (C=O) groups is 1. The number of hydrogen-bond donors (Lipinski definition) is 0. The van der Waals surface area contributed by atoms with Crippen molar-refractivity contribution in [1.29, 1.82) is 0 Å². The van der Waals surface area contributed by atoms with Gasteiger partial charge in [0.25, 0.3) is 0 Å². The van der Waals surface area contributed by atoms with Crippen LogP contribution in [0.15, 0.2) is 0 Å². The molecule has 0 aliphatic carbocycles. The zero-order chi connectivity index (χ0) is 11.4. The lowest BCUT2D eigenvalue weighted by Gasteiger charge is -2.27. The SMILES string of the molecule is CCN(CC)C1CCN(C(=O)N(C)C)C1. The van der Waals surface area contributed by atoms with Gasteiger partial charge in [0.05, 0.1) is 0 Å². The third-order valence-electron chi connectivity index (χ3n) is 3.15. The van der Waals surface area contributed by atoms with Crippen molar-refractivity contribution in [2.75, 3.05) is 40.3 Å². The van der Waals surface area contributed by atoms with E-state index in [2.05, 4.69) is 18.7 Å². The molecule has 4 nitrogen and oxygen atoms in total. The Kier molecular flexibility index (Phi) is 4.39. The van der Waals surface area contributed by atoms with Gasteiger partial charge in [0.15, 0.2) is 0 Å². The van der Waals surface area contributed by atoms with Crippen LogP contribution in [-0.4, -0.2) is 67.0 Å². The van der Waals surface area contributed by atoms with E-state index < -0.39 is 0 Å². The number of urea groups is 1. The molecule has 4 heteroatoms. The van der Waals surface area contributed by atoms with E-state index in [9.17, 15) is 4.79 Å². The molecule has 15 heavy (non-hydrogen) atoms. The highest BCUT2D eigenvalue weighted by molar-refractivity contribution is 5.74. The highest BCUT2D eigenvalue weighted by atomic mass is 16.2. The summed E-state index contributed by atoms with van der Waals surface area (Å²) in [7, 11) is 3.63. The second kappa shape index (κ2) is 5.35. The molecule has 0 saturated carbocycles. The fourth-order valence-corrected chi connectivity index (χ4v) is 2.24. The lowest BCUT2D eigenvalue weighted by molar-refractivity contribution is 0.171. The summed E-state index contributed by atoms with van der Waals surface area (Å²) in [6, 6.07) is 0.702. The summed E-state index contributed by atoms with van der Waals surface area (Å²) < 4.78 is 0. The molecule has 0 aromatic heterocycles. The number of amides is 2. The highest BCUT2D eigenvalue weighted by Crippen LogP contribution is 2.16. The number of carbonyl (C=O) groups excluding carboxylic acids is 1. The molecule has 1 aliphatic rings. The molecule has 0 aromatic carbocycles. The smallest absolute Gasteiger partial charge is 0.319 e. The molecule has 1 saturated heterocycles. The van der Waals surface area contributed by atoms with Crippen molar-refractivity contribution in [2.24, 2.45) is 0 Å². The monoisotopic (exact) mass is 213 g/mol. The van der Waals surface area contributed by atoms with Gasteiger partial charge < -0.3 is 9.80 Å². The average molecular weight is 213 g/mol. The molecule has 1 atom stereocenters. The van der Waals surface area contributed by atoms with Crippen molar-refractivity contribution >= 4 is 6.03 Å². The molecule has 0 spiro atoms. The summed E-state index contributed by atoms with van der Waals surface area (Å²) in [5.41, 5.74) is 0. The molecule has 0 aromatic rings. The van der Waals surface area contributed by atoms with E-state index in [-0.39, 0.29) is 6.03 Å². The van der Waals surface area contributed by atoms with E-state index in [0.717, 1.165) is 32.6 Å². The molecule has 88 valence electrons. The van der Waals surface area contributed by atoms with Crippen LogP contribution in [0.25, 0.3) is 0 Å². The predicted octanol–water partition coefficient (Wildman–Crippen LogP) is 1.08. The summed E-state index contributed by atoms with van der Waals surface area (Å²) in [6.45, 7) is 8.30. The first-order chi connectivity index (χ1) is 7.10. The summed E-state index contributed by atoms with van der Waals surface area (Å²) in [6.07, 6.45) is 1.11. The van der Waals surface area contributed by atoms with Gasteiger partial charge in [0, 0.05) is 33.2 Å². The quantitative estimate of drug-likeness (QED) is 0.701.